The second-order valence-electron chi connectivity index (χ2n) is 7.33. The number of amides is 1. The Bertz CT molecular complexity index is 1050. The summed E-state index contributed by atoms with van der Waals surface area (Å²) >= 11 is 0. The first-order chi connectivity index (χ1) is 13.6. The van der Waals surface area contributed by atoms with Gasteiger partial charge in [0.25, 0.3) is 0 Å². The van der Waals surface area contributed by atoms with Crippen LogP contribution in [-0.2, 0) is 24.2 Å². The smallest absolute Gasteiger partial charge is 0.241 e. The second kappa shape index (κ2) is 7.89. The minimum absolute atomic E-state index is 0.109. The second-order valence-corrected chi connectivity index (χ2v) is 7.33. The summed E-state index contributed by atoms with van der Waals surface area (Å²) in [6.45, 7) is 2.47. The summed E-state index contributed by atoms with van der Waals surface area (Å²) in [5.41, 5.74) is 8.16. The number of hydrazone groups is 1. The molecule has 5 heteroatoms. The number of phenols is 1. The first-order valence-corrected chi connectivity index (χ1v) is 9.85. The maximum Gasteiger partial charge on any atom is 0.241 e. The van der Waals surface area contributed by atoms with Gasteiger partial charge in [-0.1, -0.05) is 30.3 Å². The molecule has 0 spiro atoms. The molecular formula is C23H25N3O2. The number of aromatic hydroxyl groups is 1. The molecule has 0 bridgehead atoms. The maximum atomic E-state index is 12.4. The summed E-state index contributed by atoms with van der Waals surface area (Å²) in [5, 5.41) is 15.1. The third-order valence-corrected chi connectivity index (χ3v) is 5.46. The molecule has 2 N–H and O–H groups in total. The van der Waals surface area contributed by atoms with Crippen LogP contribution in [-0.4, -0.2) is 21.3 Å². The van der Waals surface area contributed by atoms with Crippen LogP contribution in [0.4, 0.5) is 0 Å². The third kappa shape index (κ3) is 3.65. The topological polar surface area (TPSA) is 66.6 Å². The minimum atomic E-state index is -0.109. The highest BCUT2D eigenvalue weighted by atomic mass is 16.3. The van der Waals surface area contributed by atoms with E-state index in [1.807, 2.05) is 13.0 Å². The molecule has 1 amide bonds. The van der Waals surface area contributed by atoms with Gasteiger partial charge in [0.15, 0.2) is 0 Å². The van der Waals surface area contributed by atoms with Gasteiger partial charge in [-0.3, -0.25) is 4.79 Å². The molecule has 0 radical (unpaired) electrons. The van der Waals surface area contributed by atoms with Gasteiger partial charge in [0.2, 0.25) is 5.91 Å². The van der Waals surface area contributed by atoms with Crippen molar-refractivity contribution in [2.24, 2.45) is 5.10 Å². The monoisotopic (exact) mass is 375 g/mol. The summed E-state index contributed by atoms with van der Waals surface area (Å²) < 4.78 is 2.31. The number of rotatable bonds is 5. The first kappa shape index (κ1) is 18.3. The van der Waals surface area contributed by atoms with Crippen molar-refractivity contribution in [2.75, 3.05) is 0 Å². The fourth-order valence-corrected chi connectivity index (χ4v) is 4.05. The van der Waals surface area contributed by atoms with Gasteiger partial charge in [0, 0.05) is 35.1 Å². The van der Waals surface area contributed by atoms with Crippen LogP contribution < -0.4 is 5.43 Å². The molecule has 144 valence electrons. The molecule has 1 aliphatic rings. The van der Waals surface area contributed by atoms with E-state index in [9.17, 15) is 9.90 Å². The quantitative estimate of drug-likeness (QED) is 0.519. The standard InChI is InChI=1S/C23H25N3O2/c1-16(17-7-6-8-18(27)15-17)24-25-23(28)13-14-26-21-11-4-2-9-19(21)20-10-3-5-12-22(20)26/h2,4,6-9,11,15,27H,3,5,10,12-14H2,1H3,(H,25,28)/b24-16+. The van der Waals surface area contributed by atoms with E-state index in [0.717, 1.165) is 18.4 Å². The lowest BCUT2D eigenvalue weighted by molar-refractivity contribution is -0.121. The normalized spacial score (nSPS) is 14.1. The average molecular weight is 375 g/mol. The number of phenolic OH excluding ortho intramolecular Hbond substituents is 1. The molecule has 0 saturated heterocycles. The van der Waals surface area contributed by atoms with Crippen LogP contribution in [0.15, 0.2) is 53.6 Å². The molecule has 1 heterocycles. The van der Waals surface area contributed by atoms with Crippen molar-refractivity contribution in [2.45, 2.75) is 45.6 Å². The van der Waals surface area contributed by atoms with Crippen LogP contribution >= 0.6 is 0 Å². The van der Waals surface area contributed by atoms with Crippen molar-refractivity contribution in [3.05, 3.63) is 65.4 Å². The van der Waals surface area contributed by atoms with E-state index in [1.165, 1.54) is 35.0 Å². The molecule has 5 nitrogen and oxygen atoms in total. The molecule has 2 aromatic carbocycles. The Morgan fingerprint density at radius 2 is 1.96 bits per heavy atom. The summed E-state index contributed by atoms with van der Waals surface area (Å²) in [7, 11) is 0. The largest absolute Gasteiger partial charge is 0.508 e. The molecule has 3 aromatic rings. The van der Waals surface area contributed by atoms with Crippen LogP contribution in [0.5, 0.6) is 5.75 Å². The molecule has 0 aliphatic heterocycles. The van der Waals surface area contributed by atoms with Crippen LogP contribution in [0.3, 0.4) is 0 Å². The van der Waals surface area contributed by atoms with E-state index in [1.54, 1.807) is 18.2 Å². The number of hydrogen-bond donors (Lipinski definition) is 2. The highest BCUT2D eigenvalue weighted by Gasteiger charge is 2.19. The molecule has 4 rings (SSSR count). The molecular weight excluding hydrogens is 350 g/mol. The molecule has 0 atom stereocenters. The van der Waals surface area contributed by atoms with Crippen LogP contribution in [0.25, 0.3) is 10.9 Å². The lowest BCUT2D eigenvalue weighted by Gasteiger charge is -2.15. The SMILES string of the molecule is C/C(=N\NC(=O)CCn1c2c(c3ccccc31)CCCC2)c1cccc(O)c1. The summed E-state index contributed by atoms with van der Waals surface area (Å²) in [4.78, 5) is 12.4. The Hall–Kier alpha value is -3.08. The predicted molar refractivity (Wildman–Crippen MR) is 112 cm³/mol. The highest BCUT2D eigenvalue weighted by molar-refractivity contribution is 5.99. The zero-order valence-corrected chi connectivity index (χ0v) is 16.1. The van der Waals surface area contributed by atoms with Gasteiger partial charge in [-0.05, 0) is 56.4 Å². The van der Waals surface area contributed by atoms with E-state index in [0.29, 0.717) is 18.7 Å². The van der Waals surface area contributed by atoms with Crippen molar-refractivity contribution in [1.29, 1.82) is 0 Å². The fraction of sp³-hybridized carbons (Fsp3) is 0.304. The first-order valence-electron chi connectivity index (χ1n) is 9.85. The Labute approximate surface area is 164 Å². The number of nitrogens with one attached hydrogen (secondary N) is 1. The van der Waals surface area contributed by atoms with Gasteiger partial charge >= 0.3 is 0 Å². The van der Waals surface area contributed by atoms with Crippen LogP contribution in [0.1, 0.15) is 43.0 Å². The molecule has 1 aliphatic carbocycles. The molecule has 0 fully saturated rings. The Balaban J connectivity index is 1.46. The minimum Gasteiger partial charge on any atom is -0.508 e. The highest BCUT2D eigenvalue weighted by Crippen LogP contribution is 2.32. The Kier molecular flexibility index (Phi) is 5.15. The van der Waals surface area contributed by atoms with Crippen molar-refractivity contribution < 1.29 is 9.90 Å². The van der Waals surface area contributed by atoms with Crippen molar-refractivity contribution in [3.8, 4) is 5.75 Å². The predicted octanol–water partition coefficient (Wildman–Crippen LogP) is 4.16. The van der Waals surface area contributed by atoms with Gasteiger partial charge < -0.3 is 9.67 Å². The number of aryl methyl sites for hydroxylation is 2. The van der Waals surface area contributed by atoms with E-state index in [-0.39, 0.29) is 11.7 Å². The van der Waals surface area contributed by atoms with Crippen LogP contribution in [0.2, 0.25) is 0 Å². The number of aromatic nitrogens is 1. The number of nitrogens with zero attached hydrogens (tertiary/aromatic N) is 2. The number of hydrogen-bond acceptors (Lipinski definition) is 3. The molecule has 0 unspecified atom stereocenters. The van der Waals surface area contributed by atoms with Gasteiger partial charge in [-0.2, -0.15) is 5.10 Å². The van der Waals surface area contributed by atoms with Gasteiger partial charge in [-0.25, -0.2) is 5.43 Å². The third-order valence-electron chi connectivity index (χ3n) is 5.46. The summed E-state index contributed by atoms with van der Waals surface area (Å²) in [6, 6.07) is 15.3. The van der Waals surface area contributed by atoms with Crippen molar-refractivity contribution in [3.63, 3.8) is 0 Å². The number of para-hydroxylation sites is 1. The van der Waals surface area contributed by atoms with Gasteiger partial charge in [0.05, 0.1) is 5.71 Å². The average Bonchev–Trinajstić information content (AvgIpc) is 3.04. The molecule has 1 aromatic heterocycles. The lowest BCUT2D eigenvalue weighted by Crippen LogP contribution is -2.21. The Morgan fingerprint density at radius 3 is 2.82 bits per heavy atom. The van der Waals surface area contributed by atoms with E-state index in [2.05, 4.69) is 39.4 Å². The molecule has 28 heavy (non-hydrogen) atoms. The summed E-state index contributed by atoms with van der Waals surface area (Å²) in [6.07, 6.45) is 5.04. The van der Waals surface area contributed by atoms with E-state index in [4.69, 9.17) is 0 Å². The zero-order chi connectivity index (χ0) is 19.5. The Morgan fingerprint density at radius 1 is 1.14 bits per heavy atom. The molecule has 0 saturated carbocycles. The lowest BCUT2D eigenvalue weighted by atomic mass is 9.95. The zero-order valence-electron chi connectivity index (χ0n) is 16.1. The number of fused-ring (bicyclic) bond motifs is 3. The van der Waals surface area contributed by atoms with Gasteiger partial charge in [-0.15, -0.1) is 0 Å². The number of benzene rings is 2. The van der Waals surface area contributed by atoms with E-state index >= 15 is 0 Å². The summed E-state index contributed by atoms with van der Waals surface area (Å²) in [5.74, 6) is 0.0736. The van der Waals surface area contributed by atoms with Gasteiger partial charge in [0.1, 0.15) is 5.75 Å². The number of carbonyl (C=O) groups is 1. The maximum absolute atomic E-state index is 12.4. The van der Waals surface area contributed by atoms with E-state index < -0.39 is 0 Å². The number of carbonyl (C=O) groups excluding carboxylic acids is 1. The van der Waals surface area contributed by atoms with Crippen molar-refractivity contribution in [1.82, 2.24) is 9.99 Å². The van der Waals surface area contributed by atoms with Crippen molar-refractivity contribution >= 4 is 22.5 Å². The fourth-order valence-electron chi connectivity index (χ4n) is 4.05. The van der Waals surface area contributed by atoms with Crippen LogP contribution in [0, 0.1) is 0 Å².